The predicted molar refractivity (Wildman–Crippen MR) is 155 cm³/mol. The number of benzene rings is 3. The molecule has 39 heavy (non-hydrogen) atoms. The molecule has 0 aliphatic carbocycles. The summed E-state index contributed by atoms with van der Waals surface area (Å²) in [6.45, 7) is 0. The number of methoxy groups -OCH3 is 1. The molecule has 2 N–H and O–H groups in total. The molecule has 0 fully saturated rings. The number of aryl methyl sites for hydroxylation is 1. The molecule has 6 aromatic rings. The standard InChI is InChI=1S/C32H25N5OS/c1-37-20-36-19-30(37)32(34,25-10-8-21(17-33)9-11-25)31-16-28-27(22-5-3-7-26(13-22)38-2)14-24(15-29(28)39-31)23-6-4-12-35-18-23/h3-16,18-20H,34H2,1-2H3. The number of rotatable bonds is 6. The van der Waals surface area contributed by atoms with Gasteiger partial charge in [-0.1, -0.05) is 30.3 Å². The first-order valence-corrected chi connectivity index (χ1v) is 13.2. The fraction of sp³-hybridized carbons (Fsp3) is 0.0938. The number of imidazole rings is 1. The Morgan fingerprint density at radius 2 is 1.74 bits per heavy atom. The van der Waals surface area contributed by atoms with Crippen molar-refractivity contribution < 1.29 is 4.74 Å². The van der Waals surface area contributed by atoms with Crippen molar-refractivity contribution in [2.24, 2.45) is 12.8 Å². The number of pyridine rings is 1. The summed E-state index contributed by atoms with van der Waals surface area (Å²) in [5.41, 5.74) is 13.0. The van der Waals surface area contributed by atoms with Crippen molar-refractivity contribution >= 4 is 21.4 Å². The topological polar surface area (TPSA) is 89.8 Å². The van der Waals surface area contributed by atoms with Gasteiger partial charge in [0.2, 0.25) is 0 Å². The molecule has 0 saturated carbocycles. The number of thiophene rings is 1. The Morgan fingerprint density at radius 3 is 2.44 bits per heavy atom. The first kappa shape index (κ1) is 24.6. The van der Waals surface area contributed by atoms with Gasteiger partial charge in [0, 0.05) is 40.0 Å². The van der Waals surface area contributed by atoms with Crippen LogP contribution in [0.3, 0.4) is 0 Å². The van der Waals surface area contributed by atoms with Crippen molar-refractivity contribution in [1.29, 1.82) is 5.26 Å². The Balaban J connectivity index is 1.63. The van der Waals surface area contributed by atoms with Crippen LogP contribution in [0.1, 0.15) is 21.7 Å². The second kappa shape index (κ2) is 9.84. The molecule has 1 atom stereocenters. The summed E-state index contributed by atoms with van der Waals surface area (Å²) in [6.07, 6.45) is 7.23. The molecule has 6 rings (SSSR count). The Kier molecular flexibility index (Phi) is 6.20. The zero-order valence-electron chi connectivity index (χ0n) is 21.5. The van der Waals surface area contributed by atoms with Crippen LogP contribution in [0.5, 0.6) is 5.75 Å². The molecular formula is C32H25N5OS. The lowest BCUT2D eigenvalue weighted by Crippen LogP contribution is -2.40. The third-order valence-electron chi connectivity index (χ3n) is 7.09. The van der Waals surface area contributed by atoms with E-state index in [0.717, 1.165) is 54.2 Å². The lowest BCUT2D eigenvalue weighted by molar-refractivity contribution is 0.415. The van der Waals surface area contributed by atoms with E-state index < -0.39 is 5.54 Å². The van der Waals surface area contributed by atoms with Gasteiger partial charge in [-0.15, -0.1) is 11.3 Å². The molecule has 3 aromatic heterocycles. The van der Waals surface area contributed by atoms with Gasteiger partial charge in [-0.05, 0) is 70.8 Å². The Morgan fingerprint density at radius 1 is 0.923 bits per heavy atom. The third kappa shape index (κ3) is 4.26. The molecule has 7 heteroatoms. The fourth-order valence-electron chi connectivity index (χ4n) is 5.02. The highest BCUT2D eigenvalue weighted by Crippen LogP contribution is 2.44. The second-order valence-corrected chi connectivity index (χ2v) is 10.5. The van der Waals surface area contributed by atoms with Crippen molar-refractivity contribution in [3.63, 3.8) is 0 Å². The van der Waals surface area contributed by atoms with Crippen LogP contribution >= 0.6 is 11.3 Å². The summed E-state index contributed by atoms with van der Waals surface area (Å²) >= 11 is 1.66. The van der Waals surface area contributed by atoms with E-state index in [1.54, 1.807) is 31.0 Å². The number of fused-ring (bicyclic) bond motifs is 1. The lowest BCUT2D eigenvalue weighted by atomic mass is 9.85. The molecule has 0 aliphatic rings. The van der Waals surface area contributed by atoms with Gasteiger partial charge in [0.15, 0.2) is 0 Å². The predicted octanol–water partition coefficient (Wildman–Crippen LogP) is 6.49. The van der Waals surface area contributed by atoms with E-state index >= 15 is 0 Å². The maximum Gasteiger partial charge on any atom is 0.119 e. The molecule has 0 aliphatic heterocycles. The normalized spacial score (nSPS) is 12.7. The molecule has 0 radical (unpaired) electrons. The minimum Gasteiger partial charge on any atom is -0.497 e. The molecule has 190 valence electrons. The largest absolute Gasteiger partial charge is 0.497 e. The Labute approximate surface area is 230 Å². The fourth-order valence-corrected chi connectivity index (χ4v) is 6.29. The molecule has 0 amide bonds. The number of ether oxygens (including phenoxy) is 1. The van der Waals surface area contributed by atoms with Crippen molar-refractivity contribution in [3.05, 3.63) is 125 Å². The van der Waals surface area contributed by atoms with Crippen LogP contribution < -0.4 is 10.5 Å². The summed E-state index contributed by atoms with van der Waals surface area (Å²) in [6, 6.07) is 28.4. The summed E-state index contributed by atoms with van der Waals surface area (Å²) in [7, 11) is 3.63. The number of nitrogens with two attached hydrogens (primary N) is 1. The number of aromatic nitrogens is 3. The molecule has 6 nitrogen and oxygen atoms in total. The monoisotopic (exact) mass is 527 g/mol. The summed E-state index contributed by atoms with van der Waals surface area (Å²) < 4.78 is 8.60. The van der Waals surface area contributed by atoms with E-state index in [1.807, 2.05) is 66.5 Å². The van der Waals surface area contributed by atoms with E-state index in [-0.39, 0.29) is 0 Å². The van der Waals surface area contributed by atoms with Crippen LogP contribution in [0.2, 0.25) is 0 Å². The van der Waals surface area contributed by atoms with Gasteiger partial charge in [0.1, 0.15) is 11.3 Å². The highest BCUT2D eigenvalue weighted by molar-refractivity contribution is 7.19. The molecular weight excluding hydrogens is 502 g/mol. The zero-order chi connectivity index (χ0) is 27.0. The van der Waals surface area contributed by atoms with Crippen LogP contribution in [-0.4, -0.2) is 21.6 Å². The maximum absolute atomic E-state index is 9.36. The molecule has 1 unspecified atom stereocenters. The van der Waals surface area contributed by atoms with Crippen LogP contribution in [0.25, 0.3) is 32.3 Å². The number of nitriles is 1. The number of hydrogen-bond acceptors (Lipinski definition) is 6. The second-order valence-electron chi connectivity index (χ2n) is 9.41. The summed E-state index contributed by atoms with van der Waals surface area (Å²) in [5, 5.41) is 10.5. The minimum atomic E-state index is -0.983. The lowest BCUT2D eigenvalue weighted by Gasteiger charge is -2.29. The average Bonchev–Trinajstić information content (AvgIpc) is 3.63. The van der Waals surface area contributed by atoms with E-state index in [2.05, 4.69) is 52.4 Å². The smallest absolute Gasteiger partial charge is 0.119 e. The minimum absolute atomic E-state index is 0.587. The SMILES string of the molecule is COc1cccc(-c2cc(-c3cccnc3)cc3sc(C(N)(c4ccc(C#N)cc4)c4cncn4C)cc23)c1. The van der Waals surface area contributed by atoms with E-state index in [4.69, 9.17) is 10.5 Å². The van der Waals surface area contributed by atoms with E-state index in [9.17, 15) is 5.26 Å². The maximum atomic E-state index is 9.36. The van der Waals surface area contributed by atoms with Gasteiger partial charge in [-0.25, -0.2) is 4.98 Å². The Bertz CT molecular complexity index is 1830. The van der Waals surface area contributed by atoms with Crippen molar-refractivity contribution in [3.8, 4) is 34.1 Å². The molecule has 3 aromatic carbocycles. The van der Waals surface area contributed by atoms with Crippen LogP contribution in [-0.2, 0) is 12.6 Å². The first-order valence-electron chi connectivity index (χ1n) is 12.4. The van der Waals surface area contributed by atoms with Gasteiger partial charge < -0.3 is 15.0 Å². The third-order valence-corrected chi connectivity index (χ3v) is 8.31. The Hall–Kier alpha value is -4.77. The van der Waals surface area contributed by atoms with Crippen LogP contribution in [0, 0.1) is 11.3 Å². The number of nitrogens with zero attached hydrogens (tertiary/aromatic N) is 4. The zero-order valence-corrected chi connectivity index (χ0v) is 22.3. The summed E-state index contributed by atoms with van der Waals surface area (Å²) in [5.74, 6) is 0.795. The van der Waals surface area contributed by atoms with Gasteiger partial charge in [0.25, 0.3) is 0 Å². The van der Waals surface area contributed by atoms with Crippen molar-refractivity contribution in [2.45, 2.75) is 5.54 Å². The average molecular weight is 528 g/mol. The summed E-state index contributed by atoms with van der Waals surface area (Å²) in [4.78, 5) is 9.69. The molecule has 3 heterocycles. The van der Waals surface area contributed by atoms with Gasteiger partial charge in [-0.2, -0.15) is 5.26 Å². The molecule has 0 spiro atoms. The van der Waals surface area contributed by atoms with Crippen LogP contribution in [0.15, 0.2) is 104 Å². The van der Waals surface area contributed by atoms with E-state index in [1.165, 1.54) is 0 Å². The van der Waals surface area contributed by atoms with Gasteiger partial charge in [-0.3, -0.25) is 4.98 Å². The highest BCUT2D eigenvalue weighted by atomic mass is 32.1. The number of hydrogen-bond donors (Lipinski definition) is 1. The quantitative estimate of drug-likeness (QED) is 0.267. The van der Waals surface area contributed by atoms with Gasteiger partial charge >= 0.3 is 0 Å². The first-order chi connectivity index (χ1) is 19.0. The van der Waals surface area contributed by atoms with Crippen molar-refractivity contribution in [1.82, 2.24) is 14.5 Å². The van der Waals surface area contributed by atoms with Crippen LogP contribution in [0.4, 0.5) is 0 Å². The highest BCUT2D eigenvalue weighted by Gasteiger charge is 2.36. The molecule has 0 saturated heterocycles. The van der Waals surface area contributed by atoms with Crippen molar-refractivity contribution in [2.75, 3.05) is 7.11 Å². The van der Waals surface area contributed by atoms with Gasteiger partial charge in [0.05, 0.1) is 37.0 Å². The molecule has 0 bridgehead atoms. The van der Waals surface area contributed by atoms with E-state index in [0.29, 0.717) is 5.56 Å².